The molecule has 1 aromatic heterocycles. The monoisotopic (exact) mass is 351 g/mol. The van der Waals surface area contributed by atoms with Crippen LogP contribution in [0.25, 0.3) is 0 Å². The van der Waals surface area contributed by atoms with Gasteiger partial charge in [0, 0.05) is 6.04 Å². The number of rotatable bonds is 4. The molecule has 4 rings (SSSR count). The second-order valence-corrected chi connectivity index (χ2v) is 6.89. The van der Waals surface area contributed by atoms with Gasteiger partial charge in [0.1, 0.15) is 12.1 Å². The van der Waals surface area contributed by atoms with Crippen molar-refractivity contribution in [3.05, 3.63) is 53.5 Å². The molecule has 2 aromatic rings. The van der Waals surface area contributed by atoms with E-state index in [9.17, 15) is 0 Å². The molecule has 2 aliphatic rings. The molecule has 1 aliphatic heterocycles. The molecule has 0 radical (unpaired) electrons. The highest BCUT2D eigenvalue weighted by Gasteiger charge is 2.17. The summed E-state index contributed by atoms with van der Waals surface area (Å²) in [6.45, 7) is 2.89. The third kappa shape index (κ3) is 5.28. The first-order valence-electron chi connectivity index (χ1n) is 9.77. The Morgan fingerprint density at radius 1 is 1.08 bits per heavy atom. The Bertz CT molecular complexity index is 693. The molecule has 0 spiro atoms. The number of hydrogen-bond donors (Lipinski definition) is 2. The van der Waals surface area contributed by atoms with Crippen molar-refractivity contribution in [1.29, 1.82) is 0 Å². The van der Waals surface area contributed by atoms with Crippen molar-refractivity contribution >= 4 is 12.0 Å². The van der Waals surface area contributed by atoms with Gasteiger partial charge in [-0.3, -0.25) is 0 Å². The second-order valence-electron chi connectivity index (χ2n) is 6.89. The highest BCUT2D eigenvalue weighted by atomic mass is 15.3. The molecule has 26 heavy (non-hydrogen) atoms. The first-order valence-corrected chi connectivity index (χ1v) is 9.77. The number of aryl methyl sites for hydroxylation is 1. The number of fused-ring (bicyclic) bond motifs is 1. The summed E-state index contributed by atoms with van der Waals surface area (Å²) in [7, 11) is 0. The van der Waals surface area contributed by atoms with Crippen LogP contribution >= 0.6 is 0 Å². The maximum absolute atomic E-state index is 4.34. The quantitative estimate of drug-likeness (QED) is 0.862. The topological polar surface area (TPSA) is 62.2 Å². The average Bonchev–Trinajstić information content (AvgIpc) is 2.71. The van der Waals surface area contributed by atoms with E-state index >= 15 is 0 Å². The Balaban J connectivity index is 0.000000185. The molecule has 0 atom stereocenters. The van der Waals surface area contributed by atoms with E-state index in [2.05, 4.69) is 63.1 Å². The lowest BCUT2D eigenvalue weighted by atomic mass is 9.95. The average molecular weight is 351 g/mol. The van der Waals surface area contributed by atoms with Crippen LogP contribution in [0.4, 0.5) is 5.82 Å². The van der Waals surface area contributed by atoms with E-state index in [0.717, 1.165) is 17.1 Å². The minimum Gasteiger partial charge on any atom is -0.367 e. The van der Waals surface area contributed by atoms with Gasteiger partial charge in [0.2, 0.25) is 0 Å². The highest BCUT2D eigenvalue weighted by Crippen LogP contribution is 2.23. The SMILES string of the molecule is C1=NNCc2ncnc(NC3CCCCC3)c21.CCCc1ccccc1. The molecule has 1 aromatic carbocycles. The van der Waals surface area contributed by atoms with Crippen molar-refractivity contribution in [2.75, 3.05) is 5.32 Å². The van der Waals surface area contributed by atoms with Crippen LogP contribution in [0.15, 0.2) is 41.8 Å². The summed E-state index contributed by atoms with van der Waals surface area (Å²) >= 11 is 0. The van der Waals surface area contributed by atoms with Crippen LogP contribution < -0.4 is 10.7 Å². The third-order valence-corrected chi connectivity index (χ3v) is 4.83. The van der Waals surface area contributed by atoms with Crippen molar-refractivity contribution in [2.24, 2.45) is 5.10 Å². The molecule has 1 aliphatic carbocycles. The van der Waals surface area contributed by atoms with Gasteiger partial charge in [-0.05, 0) is 24.8 Å². The molecule has 2 N–H and O–H groups in total. The summed E-state index contributed by atoms with van der Waals surface area (Å²) in [6.07, 6.45) is 12.4. The number of nitrogens with zero attached hydrogens (tertiary/aromatic N) is 3. The van der Waals surface area contributed by atoms with Gasteiger partial charge in [0.05, 0.1) is 24.0 Å². The van der Waals surface area contributed by atoms with Gasteiger partial charge in [-0.25, -0.2) is 9.97 Å². The summed E-state index contributed by atoms with van der Waals surface area (Å²) in [6, 6.07) is 11.1. The second kappa shape index (κ2) is 9.90. The van der Waals surface area contributed by atoms with Crippen LogP contribution in [0.5, 0.6) is 0 Å². The summed E-state index contributed by atoms with van der Waals surface area (Å²) in [5.41, 5.74) is 6.43. The Morgan fingerprint density at radius 3 is 2.65 bits per heavy atom. The molecule has 1 fully saturated rings. The minimum atomic E-state index is 0.561. The predicted octanol–water partition coefficient (Wildman–Crippen LogP) is 4.30. The number of anilines is 1. The molecular weight excluding hydrogens is 322 g/mol. The molecule has 0 amide bonds. The summed E-state index contributed by atoms with van der Waals surface area (Å²) < 4.78 is 0. The Morgan fingerprint density at radius 2 is 1.88 bits per heavy atom. The zero-order valence-corrected chi connectivity index (χ0v) is 15.6. The van der Waals surface area contributed by atoms with E-state index in [4.69, 9.17) is 0 Å². The fourth-order valence-electron chi connectivity index (χ4n) is 3.43. The maximum atomic E-state index is 4.34. The largest absolute Gasteiger partial charge is 0.367 e. The fraction of sp³-hybridized carbons (Fsp3) is 0.476. The lowest BCUT2D eigenvalue weighted by Gasteiger charge is -2.24. The van der Waals surface area contributed by atoms with Crippen molar-refractivity contribution < 1.29 is 0 Å². The van der Waals surface area contributed by atoms with E-state index in [1.165, 1.54) is 50.5 Å². The van der Waals surface area contributed by atoms with Gasteiger partial charge in [-0.1, -0.05) is 62.9 Å². The van der Waals surface area contributed by atoms with E-state index in [1.54, 1.807) is 6.33 Å². The van der Waals surface area contributed by atoms with Crippen LogP contribution in [0.3, 0.4) is 0 Å². The number of hydrogen-bond acceptors (Lipinski definition) is 5. The van der Waals surface area contributed by atoms with Crippen LogP contribution in [0.1, 0.15) is 62.3 Å². The van der Waals surface area contributed by atoms with Crippen molar-refractivity contribution in [1.82, 2.24) is 15.4 Å². The highest BCUT2D eigenvalue weighted by molar-refractivity contribution is 5.88. The van der Waals surface area contributed by atoms with E-state index in [1.807, 2.05) is 6.21 Å². The Kier molecular flexibility index (Phi) is 6.99. The summed E-state index contributed by atoms with van der Waals surface area (Å²) in [5.74, 6) is 0.937. The predicted molar refractivity (Wildman–Crippen MR) is 107 cm³/mol. The summed E-state index contributed by atoms with van der Waals surface area (Å²) in [5, 5.41) is 7.62. The Hall–Kier alpha value is -2.43. The van der Waals surface area contributed by atoms with Gasteiger partial charge < -0.3 is 10.7 Å². The van der Waals surface area contributed by atoms with Gasteiger partial charge in [-0.2, -0.15) is 5.10 Å². The maximum Gasteiger partial charge on any atom is 0.138 e. The normalized spacial score (nSPS) is 16.0. The zero-order chi connectivity index (χ0) is 18.0. The fourth-order valence-corrected chi connectivity index (χ4v) is 3.43. The molecule has 2 heterocycles. The van der Waals surface area contributed by atoms with Crippen LogP contribution in [-0.4, -0.2) is 22.2 Å². The van der Waals surface area contributed by atoms with Crippen LogP contribution in [0, 0.1) is 0 Å². The first kappa shape index (κ1) is 18.4. The lowest BCUT2D eigenvalue weighted by Crippen LogP contribution is -2.25. The van der Waals surface area contributed by atoms with E-state index in [-0.39, 0.29) is 0 Å². The summed E-state index contributed by atoms with van der Waals surface area (Å²) in [4.78, 5) is 8.61. The van der Waals surface area contributed by atoms with Gasteiger partial charge in [-0.15, -0.1) is 0 Å². The molecule has 0 saturated heterocycles. The van der Waals surface area contributed by atoms with Crippen LogP contribution in [-0.2, 0) is 13.0 Å². The van der Waals surface area contributed by atoms with E-state index < -0.39 is 0 Å². The first-order chi connectivity index (χ1) is 12.9. The van der Waals surface area contributed by atoms with Gasteiger partial charge >= 0.3 is 0 Å². The molecule has 1 saturated carbocycles. The molecule has 5 heteroatoms. The van der Waals surface area contributed by atoms with E-state index in [0.29, 0.717) is 12.6 Å². The number of hydrazone groups is 1. The lowest BCUT2D eigenvalue weighted by molar-refractivity contribution is 0.461. The molecular formula is C21H29N5. The number of benzene rings is 1. The minimum absolute atomic E-state index is 0.561. The molecule has 138 valence electrons. The standard InChI is InChI=1S/C12H17N5.C9H12/c1-2-4-9(5-3-1)17-12-10-6-15-16-7-11(10)13-8-14-12;1-2-6-9-7-4-3-5-8-9/h6,8-9,16H,1-5,7H2,(H,13,14,17);3-5,7-8H,2,6H2,1H3. The molecule has 0 unspecified atom stereocenters. The third-order valence-electron chi connectivity index (χ3n) is 4.83. The zero-order valence-electron chi connectivity index (χ0n) is 15.6. The Labute approximate surface area is 156 Å². The van der Waals surface area contributed by atoms with Crippen LogP contribution in [0.2, 0.25) is 0 Å². The smallest absolute Gasteiger partial charge is 0.138 e. The van der Waals surface area contributed by atoms with Crippen molar-refractivity contribution in [3.63, 3.8) is 0 Å². The van der Waals surface area contributed by atoms with Crippen molar-refractivity contribution in [3.8, 4) is 0 Å². The number of aromatic nitrogens is 2. The van der Waals surface area contributed by atoms with Crippen molar-refractivity contribution in [2.45, 2.75) is 64.5 Å². The molecule has 5 nitrogen and oxygen atoms in total. The van der Waals surface area contributed by atoms with Gasteiger partial charge in [0.15, 0.2) is 0 Å². The number of nitrogens with one attached hydrogen (secondary N) is 2. The molecule has 0 bridgehead atoms. The van der Waals surface area contributed by atoms with Gasteiger partial charge in [0.25, 0.3) is 0 Å².